The molecule has 0 radical (unpaired) electrons. The second-order valence-corrected chi connectivity index (χ2v) is 5.69. The second kappa shape index (κ2) is 5.94. The first kappa shape index (κ1) is 13.6. The van der Waals surface area contributed by atoms with Crippen LogP contribution in [0, 0.1) is 0 Å². The molecule has 1 aliphatic heterocycles. The second-order valence-electron chi connectivity index (χ2n) is 5.69. The molecule has 20 heavy (non-hydrogen) atoms. The van der Waals surface area contributed by atoms with E-state index in [0.29, 0.717) is 19.8 Å². The van der Waals surface area contributed by atoms with E-state index in [1.807, 2.05) is 6.07 Å². The van der Waals surface area contributed by atoms with Crippen molar-refractivity contribution in [2.45, 2.75) is 25.2 Å². The lowest BCUT2D eigenvalue weighted by Gasteiger charge is -2.29. The molecule has 4 nitrogen and oxygen atoms in total. The lowest BCUT2D eigenvalue weighted by atomic mass is 9.95. The van der Waals surface area contributed by atoms with E-state index in [9.17, 15) is 9.90 Å². The SMILES string of the molecule is O=C(O)C(CN1CCOCC1)c1ccc2c(c1)CCC2. The van der Waals surface area contributed by atoms with Gasteiger partial charge in [-0.3, -0.25) is 9.69 Å². The molecule has 1 fully saturated rings. The summed E-state index contributed by atoms with van der Waals surface area (Å²) in [6, 6.07) is 6.23. The third-order valence-electron chi connectivity index (χ3n) is 4.37. The summed E-state index contributed by atoms with van der Waals surface area (Å²) in [7, 11) is 0. The van der Waals surface area contributed by atoms with E-state index in [1.54, 1.807) is 0 Å². The maximum atomic E-state index is 11.6. The summed E-state index contributed by atoms with van der Waals surface area (Å²) in [5.41, 5.74) is 3.68. The van der Waals surface area contributed by atoms with Crippen molar-refractivity contribution in [1.82, 2.24) is 4.90 Å². The van der Waals surface area contributed by atoms with E-state index >= 15 is 0 Å². The van der Waals surface area contributed by atoms with Gasteiger partial charge in [0.2, 0.25) is 0 Å². The molecule has 0 spiro atoms. The van der Waals surface area contributed by atoms with Crippen LogP contribution in [0.5, 0.6) is 0 Å². The van der Waals surface area contributed by atoms with E-state index in [4.69, 9.17) is 4.74 Å². The lowest BCUT2D eigenvalue weighted by molar-refractivity contribution is -0.139. The average molecular weight is 275 g/mol. The minimum absolute atomic E-state index is 0.431. The van der Waals surface area contributed by atoms with Crippen LogP contribution in [0.1, 0.15) is 29.0 Å². The standard InChI is InChI=1S/C16H21NO3/c18-16(19)15(11-17-6-8-20-9-7-17)14-5-4-12-2-1-3-13(12)10-14/h4-5,10,15H,1-3,6-9,11H2,(H,18,19). The maximum absolute atomic E-state index is 11.6. The van der Waals surface area contributed by atoms with Gasteiger partial charge in [-0.15, -0.1) is 0 Å². The number of aliphatic carboxylic acids is 1. The Morgan fingerprint density at radius 1 is 1.25 bits per heavy atom. The number of carboxylic acid groups (broad SMARTS) is 1. The largest absolute Gasteiger partial charge is 0.481 e. The predicted octanol–water partition coefficient (Wildman–Crippen LogP) is 1.68. The van der Waals surface area contributed by atoms with E-state index < -0.39 is 11.9 Å². The summed E-state index contributed by atoms with van der Waals surface area (Å²) in [5, 5.41) is 9.55. The molecule has 0 saturated carbocycles. The summed E-state index contributed by atoms with van der Waals surface area (Å²) in [6.45, 7) is 3.65. The summed E-state index contributed by atoms with van der Waals surface area (Å²) in [5.74, 6) is -1.16. The number of hydrogen-bond acceptors (Lipinski definition) is 3. The van der Waals surface area contributed by atoms with Crippen LogP contribution in [0.15, 0.2) is 18.2 Å². The highest BCUT2D eigenvalue weighted by molar-refractivity contribution is 5.76. The van der Waals surface area contributed by atoms with Crippen molar-refractivity contribution in [3.63, 3.8) is 0 Å². The number of benzene rings is 1. The number of ether oxygens (including phenoxy) is 1. The summed E-state index contributed by atoms with van der Waals surface area (Å²) < 4.78 is 5.32. The molecule has 1 aliphatic carbocycles. The van der Waals surface area contributed by atoms with Crippen LogP contribution in [-0.2, 0) is 22.4 Å². The quantitative estimate of drug-likeness (QED) is 0.908. The van der Waals surface area contributed by atoms with Crippen LogP contribution in [0.3, 0.4) is 0 Å². The van der Waals surface area contributed by atoms with Gasteiger partial charge in [0.05, 0.1) is 19.1 Å². The van der Waals surface area contributed by atoms with Gasteiger partial charge in [-0.1, -0.05) is 18.2 Å². The number of nitrogens with zero attached hydrogens (tertiary/aromatic N) is 1. The maximum Gasteiger partial charge on any atom is 0.312 e. The molecule has 2 aliphatic rings. The molecule has 1 heterocycles. The van der Waals surface area contributed by atoms with Crippen molar-refractivity contribution in [3.8, 4) is 0 Å². The number of morpholine rings is 1. The van der Waals surface area contributed by atoms with Gasteiger partial charge in [-0.05, 0) is 36.0 Å². The molecule has 1 N–H and O–H groups in total. The van der Waals surface area contributed by atoms with Gasteiger partial charge in [0.15, 0.2) is 0 Å². The summed E-state index contributed by atoms with van der Waals surface area (Å²) >= 11 is 0. The molecule has 1 aromatic rings. The number of aryl methyl sites for hydroxylation is 2. The molecule has 1 unspecified atom stereocenters. The topological polar surface area (TPSA) is 49.8 Å². The van der Waals surface area contributed by atoms with Crippen LogP contribution in [0.4, 0.5) is 0 Å². The smallest absolute Gasteiger partial charge is 0.312 e. The van der Waals surface area contributed by atoms with Crippen LogP contribution < -0.4 is 0 Å². The monoisotopic (exact) mass is 275 g/mol. The molecule has 0 aromatic heterocycles. The van der Waals surface area contributed by atoms with Gasteiger partial charge in [-0.25, -0.2) is 0 Å². The van der Waals surface area contributed by atoms with Crippen LogP contribution in [-0.4, -0.2) is 48.8 Å². The Bertz CT molecular complexity index is 494. The fourth-order valence-corrected chi connectivity index (χ4v) is 3.18. The van der Waals surface area contributed by atoms with Crippen molar-refractivity contribution in [1.29, 1.82) is 0 Å². The van der Waals surface area contributed by atoms with Gasteiger partial charge in [0, 0.05) is 19.6 Å². The first-order valence-corrected chi connectivity index (χ1v) is 7.38. The molecular formula is C16H21NO3. The van der Waals surface area contributed by atoms with Gasteiger partial charge in [-0.2, -0.15) is 0 Å². The third-order valence-corrected chi connectivity index (χ3v) is 4.37. The van der Waals surface area contributed by atoms with Crippen LogP contribution in [0.2, 0.25) is 0 Å². The molecule has 0 amide bonds. The normalized spacial score (nSPS) is 20.6. The Morgan fingerprint density at radius 3 is 2.75 bits per heavy atom. The number of hydrogen-bond donors (Lipinski definition) is 1. The Labute approximate surface area is 119 Å². The Hall–Kier alpha value is -1.39. The van der Waals surface area contributed by atoms with E-state index in [0.717, 1.165) is 31.5 Å². The molecule has 3 rings (SSSR count). The molecule has 108 valence electrons. The Morgan fingerprint density at radius 2 is 2.00 bits per heavy atom. The van der Waals surface area contributed by atoms with Gasteiger partial charge in [0.25, 0.3) is 0 Å². The summed E-state index contributed by atoms with van der Waals surface area (Å²) in [4.78, 5) is 13.8. The molecular weight excluding hydrogens is 254 g/mol. The minimum Gasteiger partial charge on any atom is -0.481 e. The summed E-state index contributed by atoms with van der Waals surface area (Å²) in [6.07, 6.45) is 3.42. The molecule has 1 saturated heterocycles. The fourth-order valence-electron chi connectivity index (χ4n) is 3.18. The van der Waals surface area contributed by atoms with Gasteiger partial charge in [0.1, 0.15) is 0 Å². The molecule has 1 atom stereocenters. The third kappa shape index (κ3) is 2.86. The molecule has 4 heteroatoms. The predicted molar refractivity (Wildman–Crippen MR) is 76.1 cm³/mol. The van der Waals surface area contributed by atoms with Crippen molar-refractivity contribution in [2.75, 3.05) is 32.8 Å². The number of carbonyl (C=O) groups is 1. The first-order chi connectivity index (χ1) is 9.74. The van der Waals surface area contributed by atoms with Crippen molar-refractivity contribution in [3.05, 3.63) is 34.9 Å². The Balaban J connectivity index is 1.77. The van der Waals surface area contributed by atoms with Crippen molar-refractivity contribution >= 4 is 5.97 Å². The van der Waals surface area contributed by atoms with Gasteiger partial charge < -0.3 is 9.84 Å². The number of fused-ring (bicyclic) bond motifs is 1. The highest BCUT2D eigenvalue weighted by Crippen LogP contribution is 2.27. The minimum atomic E-state index is -0.727. The fraction of sp³-hybridized carbons (Fsp3) is 0.562. The zero-order valence-corrected chi connectivity index (χ0v) is 11.7. The van der Waals surface area contributed by atoms with Crippen molar-refractivity contribution < 1.29 is 14.6 Å². The molecule has 1 aromatic carbocycles. The highest BCUT2D eigenvalue weighted by Gasteiger charge is 2.25. The highest BCUT2D eigenvalue weighted by atomic mass is 16.5. The van der Waals surface area contributed by atoms with Crippen LogP contribution >= 0.6 is 0 Å². The van der Waals surface area contributed by atoms with E-state index in [2.05, 4.69) is 17.0 Å². The molecule has 0 bridgehead atoms. The zero-order chi connectivity index (χ0) is 13.9. The van der Waals surface area contributed by atoms with Crippen LogP contribution in [0.25, 0.3) is 0 Å². The van der Waals surface area contributed by atoms with Gasteiger partial charge >= 0.3 is 5.97 Å². The lowest BCUT2D eigenvalue weighted by Crippen LogP contribution is -2.40. The van der Waals surface area contributed by atoms with E-state index in [1.165, 1.54) is 17.5 Å². The first-order valence-electron chi connectivity index (χ1n) is 7.38. The van der Waals surface area contributed by atoms with E-state index in [-0.39, 0.29) is 0 Å². The number of carboxylic acids is 1. The van der Waals surface area contributed by atoms with Crippen molar-refractivity contribution in [2.24, 2.45) is 0 Å². The zero-order valence-electron chi connectivity index (χ0n) is 11.7. The average Bonchev–Trinajstić information content (AvgIpc) is 2.93. The Kier molecular flexibility index (Phi) is 4.03. The number of rotatable bonds is 4.